The molecule has 1 atom stereocenters. The average molecular weight is 461 g/mol. The third kappa shape index (κ3) is 4.71. The minimum absolute atomic E-state index is 0.142. The largest absolute Gasteiger partial charge is 0.360 e. The number of carbonyl (C=O) groups excluding carboxylic acids is 2. The van der Waals surface area contributed by atoms with Gasteiger partial charge < -0.3 is 14.7 Å². The number of aromatic nitrogens is 1. The number of nitrogens with zero attached hydrogens (tertiary/aromatic N) is 3. The van der Waals surface area contributed by atoms with Crippen molar-refractivity contribution >= 4 is 27.7 Å². The van der Waals surface area contributed by atoms with Crippen LogP contribution in [0.15, 0.2) is 45.8 Å². The second kappa shape index (κ2) is 9.41. The van der Waals surface area contributed by atoms with E-state index >= 15 is 0 Å². The van der Waals surface area contributed by atoms with Gasteiger partial charge in [-0.25, -0.2) is 8.42 Å². The summed E-state index contributed by atoms with van der Waals surface area (Å²) in [7, 11) is -3.75. The van der Waals surface area contributed by atoms with Crippen LogP contribution in [0.5, 0.6) is 0 Å². The molecule has 2 saturated heterocycles. The Morgan fingerprint density at radius 3 is 2.44 bits per heavy atom. The molecule has 2 fully saturated rings. The zero-order valence-electron chi connectivity index (χ0n) is 18.1. The molecule has 1 unspecified atom stereocenters. The number of likely N-dealkylation sites (tertiary alicyclic amines) is 1. The maximum Gasteiger partial charge on any atom is 0.243 e. The van der Waals surface area contributed by atoms with Crippen LogP contribution >= 0.6 is 0 Å². The summed E-state index contributed by atoms with van der Waals surface area (Å²) in [5, 5.41) is 6.53. The molecule has 0 radical (unpaired) electrons. The van der Waals surface area contributed by atoms with Crippen LogP contribution in [-0.4, -0.2) is 60.3 Å². The van der Waals surface area contributed by atoms with Crippen molar-refractivity contribution in [1.29, 1.82) is 0 Å². The number of aryl methyl sites for hydroxylation is 1. The van der Waals surface area contributed by atoms with E-state index in [0.717, 1.165) is 12.8 Å². The summed E-state index contributed by atoms with van der Waals surface area (Å²) in [4.78, 5) is 27.7. The number of carbonyl (C=O) groups is 2. The molecule has 1 aromatic carbocycles. The first-order chi connectivity index (χ1) is 15.4. The molecule has 0 saturated carbocycles. The summed E-state index contributed by atoms with van der Waals surface area (Å²) >= 11 is 0. The van der Waals surface area contributed by atoms with Gasteiger partial charge in [0.2, 0.25) is 21.8 Å². The Morgan fingerprint density at radius 1 is 1.06 bits per heavy atom. The number of anilines is 1. The fraction of sp³-hybridized carbons (Fsp3) is 0.500. The van der Waals surface area contributed by atoms with Gasteiger partial charge in [0.05, 0.1) is 4.90 Å². The van der Waals surface area contributed by atoms with E-state index in [2.05, 4.69) is 10.5 Å². The Kier molecular flexibility index (Phi) is 6.61. The molecule has 4 rings (SSSR count). The molecule has 10 heteroatoms. The molecule has 1 aromatic heterocycles. The topological polar surface area (TPSA) is 113 Å². The Morgan fingerprint density at radius 2 is 1.78 bits per heavy atom. The average Bonchev–Trinajstić information content (AvgIpc) is 3.23. The van der Waals surface area contributed by atoms with Gasteiger partial charge in [0.1, 0.15) is 11.8 Å². The summed E-state index contributed by atoms with van der Waals surface area (Å²) < 4.78 is 32.7. The van der Waals surface area contributed by atoms with E-state index in [4.69, 9.17) is 4.52 Å². The number of rotatable bonds is 5. The van der Waals surface area contributed by atoms with E-state index in [1.54, 1.807) is 48.2 Å². The number of hydrogen-bond acceptors (Lipinski definition) is 6. The van der Waals surface area contributed by atoms with Gasteiger partial charge in [-0.3, -0.25) is 9.59 Å². The summed E-state index contributed by atoms with van der Waals surface area (Å²) in [5.41, 5.74) is 0. The van der Waals surface area contributed by atoms with Crippen molar-refractivity contribution in [2.75, 3.05) is 25.0 Å². The second-order valence-corrected chi connectivity index (χ2v) is 10.2. The number of nitrogens with one attached hydrogen (secondary N) is 1. The van der Waals surface area contributed by atoms with Gasteiger partial charge in [-0.05, 0) is 44.7 Å². The number of sulfonamides is 1. The van der Waals surface area contributed by atoms with Crippen LogP contribution in [0.2, 0.25) is 0 Å². The second-order valence-electron chi connectivity index (χ2n) is 8.35. The highest BCUT2D eigenvalue weighted by Gasteiger charge is 2.40. The molecule has 2 aromatic rings. The third-order valence-electron chi connectivity index (χ3n) is 6.15. The first kappa shape index (κ1) is 22.5. The lowest BCUT2D eigenvalue weighted by Crippen LogP contribution is -2.54. The molecule has 0 spiro atoms. The van der Waals surface area contributed by atoms with E-state index in [0.29, 0.717) is 50.5 Å². The number of benzene rings is 1. The Hall–Kier alpha value is -2.72. The fourth-order valence-electron chi connectivity index (χ4n) is 4.39. The first-order valence-electron chi connectivity index (χ1n) is 11.0. The molecule has 9 nitrogen and oxygen atoms in total. The van der Waals surface area contributed by atoms with Crippen LogP contribution in [0.25, 0.3) is 0 Å². The number of amides is 2. The number of hydrogen-bond donors (Lipinski definition) is 1. The Labute approximate surface area is 187 Å². The minimum Gasteiger partial charge on any atom is -0.360 e. The van der Waals surface area contributed by atoms with E-state index in [1.165, 1.54) is 4.31 Å². The zero-order valence-corrected chi connectivity index (χ0v) is 18.9. The van der Waals surface area contributed by atoms with Gasteiger partial charge >= 0.3 is 0 Å². The lowest BCUT2D eigenvalue weighted by Gasteiger charge is -2.39. The lowest BCUT2D eigenvalue weighted by molar-refractivity contribution is -0.139. The predicted molar refractivity (Wildman–Crippen MR) is 117 cm³/mol. The van der Waals surface area contributed by atoms with E-state index < -0.39 is 16.1 Å². The fourth-order valence-corrected chi connectivity index (χ4v) is 6.07. The van der Waals surface area contributed by atoms with Gasteiger partial charge in [0, 0.05) is 31.6 Å². The molecule has 172 valence electrons. The highest BCUT2D eigenvalue weighted by atomic mass is 32.2. The number of piperidine rings is 2. The van der Waals surface area contributed by atoms with Crippen LogP contribution in [0.4, 0.5) is 5.82 Å². The molecule has 2 amide bonds. The quantitative estimate of drug-likeness (QED) is 0.733. The van der Waals surface area contributed by atoms with Crippen LogP contribution in [0, 0.1) is 12.8 Å². The van der Waals surface area contributed by atoms with Gasteiger partial charge in [-0.1, -0.05) is 29.8 Å². The van der Waals surface area contributed by atoms with Gasteiger partial charge in [-0.15, -0.1) is 0 Å². The maximum atomic E-state index is 13.3. The van der Waals surface area contributed by atoms with Crippen LogP contribution in [0.3, 0.4) is 0 Å². The van der Waals surface area contributed by atoms with Crippen molar-refractivity contribution in [3.05, 3.63) is 42.2 Å². The van der Waals surface area contributed by atoms with Crippen molar-refractivity contribution in [3.63, 3.8) is 0 Å². The monoisotopic (exact) mass is 460 g/mol. The van der Waals surface area contributed by atoms with E-state index in [1.807, 2.05) is 0 Å². The summed E-state index contributed by atoms with van der Waals surface area (Å²) in [6.45, 7) is 2.93. The maximum absolute atomic E-state index is 13.3. The van der Waals surface area contributed by atoms with E-state index in [9.17, 15) is 18.0 Å². The molecule has 32 heavy (non-hydrogen) atoms. The van der Waals surface area contributed by atoms with E-state index in [-0.39, 0.29) is 22.6 Å². The summed E-state index contributed by atoms with van der Waals surface area (Å²) in [5.74, 6) is 0.455. The normalized spacial score (nSPS) is 20.8. The van der Waals surface area contributed by atoms with Gasteiger partial charge in [-0.2, -0.15) is 4.31 Å². The minimum atomic E-state index is -3.75. The molecule has 2 aliphatic heterocycles. The van der Waals surface area contributed by atoms with Crippen LogP contribution in [0.1, 0.15) is 37.9 Å². The summed E-state index contributed by atoms with van der Waals surface area (Å²) in [6, 6.07) is 9.21. The zero-order chi connectivity index (χ0) is 22.7. The van der Waals surface area contributed by atoms with Crippen molar-refractivity contribution in [3.8, 4) is 0 Å². The highest BCUT2D eigenvalue weighted by molar-refractivity contribution is 7.89. The van der Waals surface area contributed by atoms with Crippen molar-refractivity contribution < 1.29 is 22.5 Å². The van der Waals surface area contributed by atoms with Crippen molar-refractivity contribution in [1.82, 2.24) is 14.4 Å². The van der Waals surface area contributed by atoms with Crippen molar-refractivity contribution in [2.24, 2.45) is 5.92 Å². The highest BCUT2D eigenvalue weighted by Crippen LogP contribution is 2.28. The molecule has 2 aliphatic rings. The molecule has 1 N–H and O–H groups in total. The van der Waals surface area contributed by atoms with Crippen LogP contribution < -0.4 is 5.32 Å². The first-order valence-corrected chi connectivity index (χ1v) is 12.4. The molecular weight excluding hydrogens is 432 g/mol. The molecule has 3 heterocycles. The molecular formula is C22H28N4O5S. The van der Waals surface area contributed by atoms with Crippen molar-refractivity contribution in [2.45, 2.75) is 50.0 Å². The lowest BCUT2D eigenvalue weighted by atomic mass is 9.94. The SMILES string of the molecule is Cc1cc(NC(=O)C2CCN(C(=O)C3CCCCN3S(=O)(=O)c3ccccc3)CC2)no1. The smallest absolute Gasteiger partial charge is 0.243 e. The Balaban J connectivity index is 1.39. The van der Waals surface area contributed by atoms with Gasteiger partial charge in [0.25, 0.3) is 0 Å². The standard InChI is InChI=1S/C22H28N4O5S/c1-16-15-20(24-31-16)23-21(27)17-10-13-25(14-11-17)22(28)19-9-5-6-12-26(19)32(29,30)18-7-3-2-4-8-18/h2-4,7-8,15,17,19H,5-6,9-14H2,1H3,(H,23,24,27). The predicted octanol–water partition coefficient (Wildman–Crippen LogP) is 2.40. The molecule has 0 aliphatic carbocycles. The Bertz CT molecular complexity index is 1060. The molecule has 0 bridgehead atoms. The summed E-state index contributed by atoms with van der Waals surface area (Å²) in [6.07, 6.45) is 3.10. The van der Waals surface area contributed by atoms with Gasteiger partial charge in [0.15, 0.2) is 5.82 Å². The van der Waals surface area contributed by atoms with Crippen LogP contribution in [-0.2, 0) is 19.6 Å². The third-order valence-corrected chi connectivity index (χ3v) is 8.07.